The SMILES string of the molecule is CCc1cccc2c(C(CC(=O)N3CCN(Cc4ccccc4)CC3)c3cccc([N+](=O)[O-])c3)c[nH]c12. The van der Waals surface area contributed by atoms with Crippen molar-refractivity contribution in [3.8, 4) is 0 Å². The van der Waals surface area contributed by atoms with Gasteiger partial charge in [0.05, 0.1) is 4.92 Å². The number of piperazine rings is 1. The molecule has 190 valence electrons. The second kappa shape index (κ2) is 11.0. The Morgan fingerprint density at radius 2 is 1.76 bits per heavy atom. The maximum Gasteiger partial charge on any atom is 0.269 e. The number of non-ortho nitro benzene ring substituents is 1. The smallest absolute Gasteiger partial charge is 0.269 e. The zero-order valence-corrected chi connectivity index (χ0v) is 21.1. The van der Waals surface area contributed by atoms with E-state index in [4.69, 9.17) is 0 Å². The molecule has 1 atom stereocenters. The Bertz CT molecular complexity index is 1390. The van der Waals surface area contributed by atoms with Gasteiger partial charge in [-0.2, -0.15) is 0 Å². The fourth-order valence-electron chi connectivity index (χ4n) is 5.38. The van der Waals surface area contributed by atoms with Crippen LogP contribution in [0.1, 0.15) is 41.5 Å². The Morgan fingerprint density at radius 1 is 1.00 bits per heavy atom. The summed E-state index contributed by atoms with van der Waals surface area (Å²) in [7, 11) is 0. The average Bonchev–Trinajstić information content (AvgIpc) is 3.37. The standard InChI is InChI=1S/C30H32N4O3/c1-2-23-10-7-13-26-28(20-31-30(23)26)27(24-11-6-12-25(18-24)34(36)37)19-29(35)33-16-14-32(15-17-33)21-22-8-4-3-5-9-22/h3-13,18,20,27,31H,2,14-17,19,21H2,1H3. The quantitative estimate of drug-likeness (QED) is 0.258. The first-order chi connectivity index (χ1) is 18.0. The fourth-order valence-corrected chi connectivity index (χ4v) is 5.38. The first-order valence-electron chi connectivity index (χ1n) is 12.9. The maximum atomic E-state index is 13.6. The first kappa shape index (κ1) is 24.7. The molecule has 0 saturated carbocycles. The molecule has 0 radical (unpaired) electrons. The van der Waals surface area contributed by atoms with Crippen molar-refractivity contribution in [1.29, 1.82) is 0 Å². The molecule has 0 spiro atoms. The Labute approximate surface area is 216 Å². The number of amides is 1. The number of nitrogens with zero attached hydrogens (tertiary/aromatic N) is 3. The van der Waals surface area contributed by atoms with Crippen LogP contribution in [-0.4, -0.2) is 51.8 Å². The molecule has 1 saturated heterocycles. The molecule has 0 aliphatic carbocycles. The van der Waals surface area contributed by atoms with E-state index < -0.39 is 0 Å². The van der Waals surface area contributed by atoms with Crippen LogP contribution in [0.4, 0.5) is 5.69 Å². The van der Waals surface area contributed by atoms with Crippen LogP contribution in [-0.2, 0) is 17.8 Å². The summed E-state index contributed by atoms with van der Waals surface area (Å²) in [5, 5.41) is 12.6. The van der Waals surface area contributed by atoms with Gasteiger partial charge in [0.2, 0.25) is 5.91 Å². The number of aromatic amines is 1. The van der Waals surface area contributed by atoms with Gasteiger partial charge in [-0.25, -0.2) is 0 Å². The number of aryl methyl sites for hydroxylation is 1. The van der Waals surface area contributed by atoms with Gasteiger partial charge in [-0.3, -0.25) is 19.8 Å². The molecule has 1 aromatic heterocycles. The van der Waals surface area contributed by atoms with E-state index in [0.29, 0.717) is 13.1 Å². The molecule has 1 aliphatic rings. The molecule has 1 N–H and O–H groups in total. The first-order valence-corrected chi connectivity index (χ1v) is 12.9. The van der Waals surface area contributed by atoms with Gasteiger partial charge >= 0.3 is 0 Å². The summed E-state index contributed by atoms with van der Waals surface area (Å²) >= 11 is 0. The van der Waals surface area contributed by atoms with Gasteiger partial charge in [-0.15, -0.1) is 0 Å². The predicted molar refractivity (Wildman–Crippen MR) is 146 cm³/mol. The average molecular weight is 497 g/mol. The number of benzene rings is 3. The Kier molecular flexibility index (Phi) is 7.32. The summed E-state index contributed by atoms with van der Waals surface area (Å²) < 4.78 is 0. The number of fused-ring (bicyclic) bond motifs is 1. The molecule has 3 aromatic carbocycles. The molecule has 7 heteroatoms. The Morgan fingerprint density at radius 3 is 2.49 bits per heavy atom. The second-order valence-electron chi connectivity index (χ2n) is 9.69. The lowest BCUT2D eigenvalue weighted by Gasteiger charge is -2.35. The summed E-state index contributed by atoms with van der Waals surface area (Å²) in [6.45, 7) is 6.02. The van der Waals surface area contributed by atoms with Crippen LogP contribution >= 0.6 is 0 Å². The Balaban J connectivity index is 1.38. The van der Waals surface area contributed by atoms with Crippen LogP contribution in [0.15, 0.2) is 79.0 Å². The van der Waals surface area contributed by atoms with Crippen molar-refractivity contribution in [2.45, 2.75) is 32.2 Å². The van der Waals surface area contributed by atoms with Crippen molar-refractivity contribution < 1.29 is 9.72 Å². The summed E-state index contributed by atoms with van der Waals surface area (Å²) in [6, 6.07) is 23.3. The molecule has 0 bridgehead atoms. The number of carbonyl (C=O) groups excluding carboxylic acids is 1. The lowest BCUT2D eigenvalue weighted by molar-refractivity contribution is -0.384. The van der Waals surface area contributed by atoms with Gasteiger partial charge < -0.3 is 9.88 Å². The third-order valence-corrected chi connectivity index (χ3v) is 7.43. The molecule has 4 aromatic rings. The number of hydrogen-bond donors (Lipinski definition) is 1. The highest BCUT2D eigenvalue weighted by molar-refractivity contribution is 5.88. The molecule has 1 amide bonds. The third kappa shape index (κ3) is 5.42. The number of carbonyl (C=O) groups is 1. The zero-order valence-electron chi connectivity index (χ0n) is 21.1. The predicted octanol–water partition coefficient (Wildman–Crippen LogP) is 5.50. The van der Waals surface area contributed by atoms with E-state index in [1.165, 1.54) is 17.2 Å². The van der Waals surface area contributed by atoms with Crippen LogP contribution < -0.4 is 0 Å². The van der Waals surface area contributed by atoms with Crippen LogP contribution in [0, 0.1) is 10.1 Å². The highest BCUT2D eigenvalue weighted by Gasteiger charge is 2.28. The van der Waals surface area contributed by atoms with Crippen molar-refractivity contribution in [2.24, 2.45) is 0 Å². The molecule has 1 unspecified atom stereocenters. The van der Waals surface area contributed by atoms with Crippen molar-refractivity contribution in [3.05, 3.63) is 111 Å². The minimum atomic E-state index is -0.376. The Hall–Kier alpha value is -3.97. The number of rotatable bonds is 8. The summed E-state index contributed by atoms with van der Waals surface area (Å²) in [6.07, 6.45) is 3.13. The normalized spacial score (nSPS) is 15.1. The van der Waals surface area contributed by atoms with E-state index in [1.54, 1.807) is 12.1 Å². The largest absolute Gasteiger partial charge is 0.361 e. The van der Waals surface area contributed by atoms with E-state index in [2.05, 4.69) is 53.2 Å². The minimum Gasteiger partial charge on any atom is -0.361 e. The third-order valence-electron chi connectivity index (χ3n) is 7.43. The zero-order chi connectivity index (χ0) is 25.8. The van der Waals surface area contributed by atoms with Gasteiger partial charge in [0.25, 0.3) is 5.69 Å². The molecule has 1 fully saturated rings. The molecule has 2 heterocycles. The topological polar surface area (TPSA) is 82.5 Å². The van der Waals surface area contributed by atoms with Gasteiger partial charge in [0.15, 0.2) is 0 Å². The fraction of sp³-hybridized carbons (Fsp3) is 0.300. The minimum absolute atomic E-state index is 0.0403. The van der Waals surface area contributed by atoms with Gasteiger partial charge in [-0.05, 0) is 28.7 Å². The number of aromatic nitrogens is 1. The number of H-pyrrole nitrogens is 1. The summed E-state index contributed by atoms with van der Waals surface area (Å²) in [4.78, 5) is 32.4. The number of nitro benzene ring substituents is 1. The molecule has 5 rings (SSSR count). The van der Waals surface area contributed by atoms with E-state index >= 15 is 0 Å². The lowest BCUT2D eigenvalue weighted by Crippen LogP contribution is -2.48. The summed E-state index contributed by atoms with van der Waals surface area (Å²) in [5.41, 5.74) is 5.38. The van der Waals surface area contributed by atoms with Gasteiger partial charge in [-0.1, -0.05) is 67.6 Å². The van der Waals surface area contributed by atoms with E-state index in [1.807, 2.05) is 29.3 Å². The monoisotopic (exact) mass is 496 g/mol. The molecular weight excluding hydrogens is 464 g/mol. The molecule has 1 aliphatic heterocycles. The highest BCUT2D eigenvalue weighted by atomic mass is 16.6. The summed E-state index contributed by atoms with van der Waals surface area (Å²) in [5.74, 6) is -0.201. The lowest BCUT2D eigenvalue weighted by atomic mass is 9.87. The number of para-hydroxylation sites is 1. The van der Waals surface area contributed by atoms with E-state index in [0.717, 1.165) is 48.1 Å². The van der Waals surface area contributed by atoms with Crippen molar-refractivity contribution >= 4 is 22.5 Å². The molecule has 37 heavy (non-hydrogen) atoms. The van der Waals surface area contributed by atoms with Gasteiger partial charge in [0.1, 0.15) is 0 Å². The van der Waals surface area contributed by atoms with Crippen molar-refractivity contribution in [2.75, 3.05) is 26.2 Å². The van der Waals surface area contributed by atoms with Crippen molar-refractivity contribution in [3.63, 3.8) is 0 Å². The number of hydrogen-bond acceptors (Lipinski definition) is 4. The molecule has 7 nitrogen and oxygen atoms in total. The van der Waals surface area contributed by atoms with Crippen LogP contribution in [0.5, 0.6) is 0 Å². The van der Waals surface area contributed by atoms with E-state index in [9.17, 15) is 14.9 Å². The van der Waals surface area contributed by atoms with Crippen LogP contribution in [0.3, 0.4) is 0 Å². The highest BCUT2D eigenvalue weighted by Crippen LogP contribution is 2.36. The second-order valence-corrected chi connectivity index (χ2v) is 9.69. The van der Waals surface area contributed by atoms with Gasteiger partial charge in [0, 0.05) is 74.3 Å². The van der Waals surface area contributed by atoms with Crippen molar-refractivity contribution in [1.82, 2.24) is 14.8 Å². The van der Waals surface area contributed by atoms with E-state index in [-0.39, 0.29) is 28.9 Å². The number of nitrogens with one attached hydrogen (secondary N) is 1. The van der Waals surface area contributed by atoms with Crippen LogP contribution in [0.25, 0.3) is 10.9 Å². The maximum absolute atomic E-state index is 13.6. The number of nitro groups is 1. The van der Waals surface area contributed by atoms with Crippen LogP contribution in [0.2, 0.25) is 0 Å². The molecular formula is C30H32N4O3.